The molecule has 4 rings (SSSR count). The van der Waals surface area contributed by atoms with Crippen molar-refractivity contribution < 1.29 is 23.9 Å². The van der Waals surface area contributed by atoms with Gasteiger partial charge in [0.05, 0.1) is 19.1 Å². The van der Waals surface area contributed by atoms with Crippen molar-refractivity contribution in [2.75, 3.05) is 13.2 Å². The fourth-order valence-corrected chi connectivity index (χ4v) is 5.01. The van der Waals surface area contributed by atoms with E-state index in [1.165, 1.54) is 0 Å². The lowest BCUT2D eigenvalue weighted by Crippen LogP contribution is -2.60. The van der Waals surface area contributed by atoms with E-state index in [1.54, 1.807) is 13.8 Å². The van der Waals surface area contributed by atoms with Crippen LogP contribution in [0.15, 0.2) is 12.2 Å². The lowest BCUT2D eigenvalue weighted by Gasteiger charge is -2.51. The molecule has 4 fully saturated rings. The molecule has 22 heavy (non-hydrogen) atoms. The third-order valence-electron chi connectivity index (χ3n) is 5.69. The number of esters is 2. The minimum atomic E-state index is -1.05. The normalized spacial score (nSPS) is 39.0. The molecule has 0 spiro atoms. The van der Waals surface area contributed by atoms with Crippen molar-refractivity contribution in [3.8, 4) is 0 Å². The van der Waals surface area contributed by atoms with Crippen molar-refractivity contribution in [1.82, 2.24) is 0 Å². The quantitative estimate of drug-likeness (QED) is 0.586. The average molecular weight is 306 g/mol. The maximum Gasteiger partial charge on any atom is 0.317 e. The van der Waals surface area contributed by atoms with E-state index in [0.29, 0.717) is 18.4 Å². The number of ether oxygens (including phenoxy) is 2. The highest BCUT2D eigenvalue weighted by Crippen LogP contribution is 2.67. The van der Waals surface area contributed by atoms with Crippen molar-refractivity contribution in [2.24, 2.45) is 29.1 Å². The van der Waals surface area contributed by atoms with Gasteiger partial charge in [0, 0.05) is 11.8 Å². The molecule has 0 saturated heterocycles. The van der Waals surface area contributed by atoms with Gasteiger partial charge in [-0.25, -0.2) is 0 Å². The molecular formula is C17H22O5. The van der Waals surface area contributed by atoms with Crippen LogP contribution in [0.1, 0.15) is 33.1 Å². The fourth-order valence-electron chi connectivity index (χ4n) is 5.01. The van der Waals surface area contributed by atoms with Crippen LogP contribution in [0.2, 0.25) is 0 Å². The molecule has 0 radical (unpaired) electrons. The summed E-state index contributed by atoms with van der Waals surface area (Å²) in [5.41, 5.74) is -0.376. The van der Waals surface area contributed by atoms with Crippen LogP contribution in [0.5, 0.6) is 0 Å². The number of Topliss-reactive ketones (excluding diaryl/α,β-unsaturated/α-hetero) is 1. The minimum absolute atomic E-state index is 0.105. The van der Waals surface area contributed by atoms with E-state index in [9.17, 15) is 14.4 Å². The molecule has 0 aliphatic heterocycles. The van der Waals surface area contributed by atoms with E-state index >= 15 is 0 Å². The van der Waals surface area contributed by atoms with Crippen molar-refractivity contribution >= 4 is 17.7 Å². The molecule has 0 aromatic carbocycles. The second-order valence-corrected chi connectivity index (χ2v) is 6.43. The van der Waals surface area contributed by atoms with Crippen molar-refractivity contribution in [3.63, 3.8) is 0 Å². The number of carbonyl (C=O) groups is 3. The van der Waals surface area contributed by atoms with Crippen molar-refractivity contribution in [3.05, 3.63) is 12.2 Å². The molecule has 120 valence electrons. The molecule has 1 unspecified atom stereocenters. The van der Waals surface area contributed by atoms with E-state index in [4.69, 9.17) is 9.47 Å². The largest absolute Gasteiger partial charge is 0.466 e. The van der Waals surface area contributed by atoms with Crippen molar-refractivity contribution in [1.29, 1.82) is 0 Å². The average Bonchev–Trinajstić information content (AvgIpc) is 2.76. The van der Waals surface area contributed by atoms with Crippen molar-refractivity contribution in [2.45, 2.75) is 33.1 Å². The van der Waals surface area contributed by atoms with Crippen LogP contribution in [0.3, 0.4) is 0 Å². The monoisotopic (exact) mass is 306 g/mol. The Balaban J connectivity index is 2.12. The first-order valence-corrected chi connectivity index (χ1v) is 8.05. The van der Waals surface area contributed by atoms with E-state index < -0.39 is 29.2 Å². The van der Waals surface area contributed by atoms with Gasteiger partial charge in [-0.15, -0.1) is 0 Å². The molecule has 4 bridgehead atoms. The number of fused-ring (bicyclic) bond motifs is 1. The molecular weight excluding hydrogens is 284 g/mol. The first kappa shape index (κ1) is 15.3. The summed E-state index contributed by atoms with van der Waals surface area (Å²) >= 11 is 0. The minimum Gasteiger partial charge on any atom is -0.466 e. The summed E-state index contributed by atoms with van der Waals surface area (Å²) in [6, 6.07) is 0. The molecule has 0 heterocycles. The third kappa shape index (κ3) is 1.68. The second kappa shape index (κ2) is 5.21. The summed E-state index contributed by atoms with van der Waals surface area (Å²) in [5.74, 6) is -2.29. The van der Waals surface area contributed by atoms with Gasteiger partial charge in [-0.1, -0.05) is 12.2 Å². The Morgan fingerprint density at radius 3 is 2.50 bits per heavy atom. The number of hydrogen-bond acceptors (Lipinski definition) is 5. The van der Waals surface area contributed by atoms with Crippen LogP contribution in [-0.2, 0) is 23.9 Å². The zero-order chi connectivity index (χ0) is 16.1. The molecule has 0 aromatic heterocycles. The van der Waals surface area contributed by atoms with Crippen LogP contribution < -0.4 is 0 Å². The number of carbonyl (C=O) groups excluding carboxylic acids is 3. The number of hydrogen-bond donors (Lipinski definition) is 0. The summed E-state index contributed by atoms with van der Waals surface area (Å²) in [6.07, 6.45) is 1.92. The second-order valence-electron chi connectivity index (χ2n) is 6.43. The molecule has 5 heteroatoms. The van der Waals surface area contributed by atoms with Gasteiger partial charge in [-0.05, 0) is 39.0 Å². The van der Waals surface area contributed by atoms with E-state index in [2.05, 4.69) is 6.58 Å². The van der Waals surface area contributed by atoms with Gasteiger partial charge < -0.3 is 9.47 Å². The first-order valence-electron chi connectivity index (χ1n) is 8.05. The van der Waals surface area contributed by atoms with Gasteiger partial charge in [0.15, 0.2) is 0 Å². The smallest absolute Gasteiger partial charge is 0.317 e. The van der Waals surface area contributed by atoms with E-state index in [-0.39, 0.29) is 30.8 Å². The molecule has 4 saturated carbocycles. The SMILES string of the molecule is C=C1C[C@@H]2C(=O)[C@H]3CC[C@@H]2[C@]1(C(=O)OCC)C3C(=O)OCC. The van der Waals surface area contributed by atoms with Crippen LogP contribution in [0.25, 0.3) is 0 Å². The zero-order valence-electron chi connectivity index (χ0n) is 13.1. The predicted octanol–water partition coefficient (Wildman–Crippen LogP) is 1.90. The summed E-state index contributed by atoms with van der Waals surface area (Å²) in [5, 5.41) is 0. The Morgan fingerprint density at radius 1 is 1.18 bits per heavy atom. The first-order chi connectivity index (χ1) is 10.5. The summed E-state index contributed by atoms with van der Waals surface area (Å²) in [4.78, 5) is 38.0. The Labute approximate surface area is 130 Å². The maximum atomic E-state index is 12.8. The summed E-state index contributed by atoms with van der Waals surface area (Å²) in [7, 11) is 0. The van der Waals surface area contributed by atoms with Crippen LogP contribution in [-0.4, -0.2) is 30.9 Å². The highest BCUT2D eigenvalue weighted by atomic mass is 16.5. The molecule has 5 nitrogen and oxygen atoms in total. The number of rotatable bonds is 4. The lowest BCUT2D eigenvalue weighted by atomic mass is 9.49. The lowest BCUT2D eigenvalue weighted by molar-refractivity contribution is -0.185. The van der Waals surface area contributed by atoms with Gasteiger partial charge in [-0.3, -0.25) is 14.4 Å². The molecule has 5 atom stereocenters. The van der Waals surface area contributed by atoms with E-state index in [0.717, 1.165) is 6.42 Å². The highest BCUT2D eigenvalue weighted by Gasteiger charge is 2.73. The zero-order valence-corrected chi connectivity index (χ0v) is 13.1. The topological polar surface area (TPSA) is 69.7 Å². The molecule has 0 aromatic rings. The van der Waals surface area contributed by atoms with Gasteiger partial charge >= 0.3 is 11.9 Å². The third-order valence-corrected chi connectivity index (χ3v) is 5.69. The Bertz CT molecular complexity index is 551. The van der Waals surface area contributed by atoms with Crippen LogP contribution in [0, 0.1) is 29.1 Å². The molecule has 0 amide bonds. The summed E-state index contributed by atoms with van der Waals surface area (Å²) < 4.78 is 10.5. The Morgan fingerprint density at radius 2 is 1.86 bits per heavy atom. The van der Waals surface area contributed by atoms with Gasteiger partial charge in [0.2, 0.25) is 0 Å². The predicted molar refractivity (Wildman–Crippen MR) is 77.7 cm³/mol. The molecule has 0 N–H and O–H groups in total. The van der Waals surface area contributed by atoms with Gasteiger partial charge in [0.25, 0.3) is 0 Å². The highest BCUT2D eigenvalue weighted by molar-refractivity contribution is 6.00. The number of ketones is 1. The van der Waals surface area contributed by atoms with Gasteiger partial charge in [0.1, 0.15) is 11.2 Å². The molecule has 4 aliphatic carbocycles. The molecule has 4 aliphatic rings. The van der Waals surface area contributed by atoms with E-state index in [1.807, 2.05) is 0 Å². The van der Waals surface area contributed by atoms with Crippen LogP contribution in [0.4, 0.5) is 0 Å². The Kier molecular flexibility index (Phi) is 3.62. The maximum absolute atomic E-state index is 12.8. The standard InChI is InChI=1S/C17H22O5/c1-4-21-15(19)13-10-6-7-12-11(14(10)18)8-9(3)17(12,13)16(20)22-5-2/h10-13H,3-8H2,1-2H3/t10-,11-,12-,13?,17-/m0/s1. The Hall–Kier alpha value is -1.65. The van der Waals surface area contributed by atoms with Gasteiger partial charge in [-0.2, -0.15) is 0 Å². The van der Waals surface area contributed by atoms with Crippen LogP contribution >= 0.6 is 0 Å². The fraction of sp³-hybridized carbons (Fsp3) is 0.706. The summed E-state index contributed by atoms with van der Waals surface area (Å²) in [6.45, 7) is 8.01.